The summed E-state index contributed by atoms with van der Waals surface area (Å²) in [5, 5.41) is 10.7. The zero-order chi connectivity index (χ0) is 14.9. The molecule has 4 nitrogen and oxygen atoms in total. The molecule has 0 aliphatic rings. The average molecular weight is 282 g/mol. The van der Waals surface area contributed by atoms with Gasteiger partial charge in [-0.3, -0.25) is 10.1 Å². The second-order valence-electron chi connectivity index (χ2n) is 4.16. The summed E-state index contributed by atoms with van der Waals surface area (Å²) in [6, 6.07) is 6.26. The van der Waals surface area contributed by atoms with Crippen LogP contribution in [0.1, 0.15) is 11.1 Å². The largest absolute Gasteiger partial charge is 0.417 e. The monoisotopic (exact) mass is 282 g/mol. The Morgan fingerprint density at radius 3 is 2.45 bits per heavy atom. The summed E-state index contributed by atoms with van der Waals surface area (Å²) in [4.78, 5) is 13.8. The van der Waals surface area contributed by atoms with Crippen molar-refractivity contribution in [2.24, 2.45) is 0 Å². The van der Waals surface area contributed by atoms with Crippen molar-refractivity contribution in [2.45, 2.75) is 13.1 Å². The minimum absolute atomic E-state index is 0.0565. The number of nitrogens with zero attached hydrogens (tertiary/aromatic N) is 2. The zero-order valence-corrected chi connectivity index (χ0v) is 10.3. The van der Waals surface area contributed by atoms with Crippen molar-refractivity contribution in [1.29, 1.82) is 0 Å². The van der Waals surface area contributed by atoms with Crippen molar-refractivity contribution in [3.05, 3.63) is 57.8 Å². The first-order chi connectivity index (χ1) is 9.30. The van der Waals surface area contributed by atoms with Crippen LogP contribution in [0.2, 0.25) is 0 Å². The summed E-state index contributed by atoms with van der Waals surface area (Å²) in [6.45, 7) is 1.46. The van der Waals surface area contributed by atoms with Crippen molar-refractivity contribution < 1.29 is 18.1 Å². The lowest BCUT2D eigenvalue weighted by Gasteiger charge is -2.12. The summed E-state index contributed by atoms with van der Waals surface area (Å²) in [5.74, 6) is 0. The summed E-state index contributed by atoms with van der Waals surface area (Å²) in [6.07, 6.45) is -3.54. The summed E-state index contributed by atoms with van der Waals surface area (Å²) < 4.78 is 38.7. The number of hydrogen-bond donors (Lipinski definition) is 0. The van der Waals surface area contributed by atoms with Gasteiger partial charge in [0.25, 0.3) is 5.69 Å². The second kappa shape index (κ2) is 4.92. The number of alkyl halides is 3. The van der Waals surface area contributed by atoms with E-state index in [1.807, 2.05) is 0 Å². The van der Waals surface area contributed by atoms with Crippen LogP contribution in [0, 0.1) is 17.0 Å². The molecule has 0 N–H and O–H groups in total. The molecule has 0 fully saturated rings. The van der Waals surface area contributed by atoms with Gasteiger partial charge >= 0.3 is 6.18 Å². The Balaban J connectivity index is 2.59. The van der Waals surface area contributed by atoms with Gasteiger partial charge in [-0.1, -0.05) is 18.2 Å². The maximum absolute atomic E-state index is 12.9. The van der Waals surface area contributed by atoms with E-state index in [0.717, 1.165) is 12.3 Å². The van der Waals surface area contributed by atoms with E-state index in [0.29, 0.717) is 0 Å². The fourth-order valence-electron chi connectivity index (χ4n) is 1.84. The molecule has 0 bridgehead atoms. The summed E-state index contributed by atoms with van der Waals surface area (Å²) in [5.41, 5.74) is -0.824. The Hall–Kier alpha value is -2.44. The fourth-order valence-corrected chi connectivity index (χ4v) is 1.84. The van der Waals surface area contributed by atoms with E-state index in [9.17, 15) is 23.3 Å². The number of aryl methyl sites for hydroxylation is 1. The number of nitro groups is 1. The van der Waals surface area contributed by atoms with Crippen molar-refractivity contribution in [1.82, 2.24) is 4.98 Å². The molecule has 0 aliphatic carbocycles. The molecule has 104 valence electrons. The first-order valence-electron chi connectivity index (χ1n) is 5.58. The number of hydrogen-bond acceptors (Lipinski definition) is 3. The third kappa shape index (κ3) is 2.61. The normalized spacial score (nSPS) is 11.4. The smallest absolute Gasteiger partial charge is 0.258 e. The standard InChI is InChI=1S/C13H9F3N2O2/c1-8-6-11(17-7-12(8)18(19)20)9-4-2-3-5-10(9)13(14,15)16/h2-7H,1H3. The number of halogens is 3. The van der Waals surface area contributed by atoms with Crippen LogP contribution in [0.25, 0.3) is 11.3 Å². The van der Waals surface area contributed by atoms with Gasteiger partial charge in [0, 0.05) is 11.1 Å². The van der Waals surface area contributed by atoms with Gasteiger partial charge in [0.2, 0.25) is 0 Å². The van der Waals surface area contributed by atoms with E-state index in [-0.39, 0.29) is 22.5 Å². The predicted molar refractivity (Wildman–Crippen MR) is 66.1 cm³/mol. The lowest BCUT2D eigenvalue weighted by atomic mass is 10.0. The molecular weight excluding hydrogens is 273 g/mol. The summed E-state index contributed by atoms with van der Waals surface area (Å²) >= 11 is 0. The molecule has 1 aromatic heterocycles. The third-order valence-corrected chi connectivity index (χ3v) is 2.79. The van der Waals surface area contributed by atoms with Crippen LogP contribution in [-0.2, 0) is 6.18 Å². The van der Waals surface area contributed by atoms with E-state index in [1.165, 1.54) is 31.2 Å². The molecule has 0 atom stereocenters. The van der Waals surface area contributed by atoms with Gasteiger partial charge in [-0.25, -0.2) is 4.98 Å². The lowest BCUT2D eigenvalue weighted by Crippen LogP contribution is -2.07. The Labute approximate surface area is 112 Å². The Bertz CT molecular complexity index is 669. The molecule has 0 saturated carbocycles. The van der Waals surface area contributed by atoms with E-state index < -0.39 is 16.7 Å². The van der Waals surface area contributed by atoms with E-state index in [4.69, 9.17) is 0 Å². The van der Waals surface area contributed by atoms with E-state index in [2.05, 4.69) is 4.98 Å². The molecule has 0 unspecified atom stereocenters. The lowest BCUT2D eigenvalue weighted by molar-refractivity contribution is -0.385. The first-order valence-corrected chi connectivity index (χ1v) is 5.58. The van der Waals surface area contributed by atoms with Gasteiger partial charge < -0.3 is 0 Å². The Morgan fingerprint density at radius 1 is 1.25 bits per heavy atom. The highest BCUT2D eigenvalue weighted by molar-refractivity contribution is 5.66. The molecular formula is C13H9F3N2O2. The predicted octanol–water partition coefficient (Wildman–Crippen LogP) is 3.98. The molecule has 2 aromatic rings. The topological polar surface area (TPSA) is 56.0 Å². The molecule has 0 radical (unpaired) electrons. The van der Waals surface area contributed by atoms with Crippen LogP contribution < -0.4 is 0 Å². The first kappa shape index (κ1) is 14.0. The minimum atomic E-state index is -4.51. The number of rotatable bonds is 2. The average Bonchev–Trinajstić information content (AvgIpc) is 2.37. The molecule has 20 heavy (non-hydrogen) atoms. The molecule has 0 aliphatic heterocycles. The summed E-state index contributed by atoms with van der Waals surface area (Å²) in [7, 11) is 0. The molecule has 1 aromatic carbocycles. The number of benzene rings is 1. The molecule has 2 rings (SSSR count). The highest BCUT2D eigenvalue weighted by Crippen LogP contribution is 2.36. The Morgan fingerprint density at radius 2 is 1.90 bits per heavy atom. The van der Waals surface area contributed by atoms with Gasteiger partial charge in [0.05, 0.1) is 16.2 Å². The van der Waals surface area contributed by atoms with E-state index >= 15 is 0 Å². The maximum atomic E-state index is 12.9. The molecule has 0 saturated heterocycles. The van der Waals surface area contributed by atoms with Crippen LogP contribution in [0.4, 0.5) is 18.9 Å². The molecule has 0 spiro atoms. The van der Waals surface area contributed by atoms with Crippen molar-refractivity contribution in [3.8, 4) is 11.3 Å². The van der Waals surface area contributed by atoms with Crippen molar-refractivity contribution >= 4 is 5.69 Å². The molecule has 7 heteroatoms. The van der Waals surface area contributed by atoms with Crippen LogP contribution in [0.5, 0.6) is 0 Å². The van der Waals surface area contributed by atoms with Gasteiger partial charge in [0.1, 0.15) is 6.20 Å². The fraction of sp³-hybridized carbons (Fsp3) is 0.154. The number of aromatic nitrogens is 1. The second-order valence-corrected chi connectivity index (χ2v) is 4.16. The molecule has 1 heterocycles. The van der Waals surface area contributed by atoms with Crippen LogP contribution in [-0.4, -0.2) is 9.91 Å². The van der Waals surface area contributed by atoms with Crippen molar-refractivity contribution in [3.63, 3.8) is 0 Å². The van der Waals surface area contributed by atoms with Gasteiger partial charge in [-0.05, 0) is 19.1 Å². The minimum Gasteiger partial charge on any atom is -0.258 e. The van der Waals surface area contributed by atoms with Crippen LogP contribution in [0.3, 0.4) is 0 Å². The quantitative estimate of drug-likeness (QED) is 0.618. The zero-order valence-electron chi connectivity index (χ0n) is 10.3. The van der Waals surface area contributed by atoms with Crippen molar-refractivity contribution in [2.75, 3.05) is 0 Å². The van der Waals surface area contributed by atoms with Crippen LogP contribution in [0.15, 0.2) is 36.5 Å². The highest BCUT2D eigenvalue weighted by atomic mass is 19.4. The maximum Gasteiger partial charge on any atom is 0.417 e. The van der Waals surface area contributed by atoms with E-state index in [1.54, 1.807) is 0 Å². The molecule has 0 amide bonds. The highest BCUT2D eigenvalue weighted by Gasteiger charge is 2.33. The van der Waals surface area contributed by atoms with Crippen LogP contribution >= 0.6 is 0 Å². The van der Waals surface area contributed by atoms with Gasteiger partial charge in [-0.2, -0.15) is 13.2 Å². The Kier molecular flexibility index (Phi) is 3.44. The third-order valence-electron chi connectivity index (χ3n) is 2.79. The SMILES string of the molecule is Cc1cc(-c2ccccc2C(F)(F)F)ncc1[N+](=O)[O-]. The number of pyridine rings is 1. The van der Waals surface area contributed by atoms with Gasteiger partial charge in [0.15, 0.2) is 0 Å². The van der Waals surface area contributed by atoms with Gasteiger partial charge in [-0.15, -0.1) is 0 Å².